The van der Waals surface area contributed by atoms with Crippen LogP contribution in [0.2, 0.25) is 0 Å². The Morgan fingerprint density at radius 1 is 1.43 bits per heavy atom. The molecule has 0 unspecified atom stereocenters. The van der Waals surface area contributed by atoms with E-state index in [1.54, 1.807) is 6.07 Å². The van der Waals surface area contributed by atoms with Gasteiger partial charge in [0.2, 0.25) is 0 Å². The Kier molecular flexibility index (Phi) is 1.85. The zero-order valence-corrected chi connectivity index (χ0v) is 7.14. The lowest BCUT2D eigenvalue weighted by Gasteiger charge is -2.07. The molecule has 0 spiro atoms. The number of aliphatic imine (C=N–C) groups is 1. The molecule has 5 nitrogen and oxygen atoms in total. The van der Waals surface area contributed by atoms with Gasteiger partial charge in [0.05, 0.1) is 10.5 Å². The number of rotatable bonds is 1. The first-order valence-electron chi connectivity index (χ1n) is 4.02. The average Bonchev–Trinajstić information content (AvgIpc) is 2.18. The molecule has 70 valence electrons. The summed E-state index contributed by atoms with van der Waals surface area (Å²) in [5, 5.41) is 10.4. The summed E-state index contributed by atoms with van der Waals surface area (Å²) in [5.41, 5.74) is 1.05. The molecule has 0 atom stereocenters. The molecule has 0 saturated heterocycles. The maximum Gasteiger partial charge on any atom is 0.277 e. The van der Waals surface area contributed by atoms with E-state index in [1.165, 1.54) is 18.3 Å². The second-order valence-electron chi connectivity index (χ2n) is 2.92. The number of carbonyl (C=O) groups excluding carboxylic acids is 1. The van der Waals surface area contributed by atoms with Crippen LogP contribution >= 0.6 is 0 Å². The van der Waals surface area contributed by atoms with Gasteiger partial charge in [-0.2, -0.15) is 0 Å². The Hall–Kier alpha value is -2.04. The third kappa shape index (κ3) is 1.28. The minimum absolute atomic E-state index is 0.0748. The van der Waals surface area contributed by atoms with Crippen LogP contribution in [0.25, 0.3) is 0 Å². The Bertz CT molecular complexity index is 451. The van der Waals surface area contributed by atoms with Crippen molar-refractivity contribution < 1.29 is 9.72 Å². The molecule has 5 heteroatoms. The van der Waals surface area contributed by atoms with E-state index in [0.717, 1.165) is 5.56 Å². The molecule has 14 heavy (non-hydrogen) atoms. The summed E-state index contributed by atoms with van der Waals surface area (Å²) in [6.07, 6.45) is 2.07. The predicted molar refractivity (Wildman–Crippen MR) is 49.6 cm³/mol. The fraction of sp³-hybridized carbons (Fsp3) is 0.111. The number of amides is 1. The van der Waals surface area contributed by atoms with Crippen LogP contribution in [-0.2, 0) is 6.42 Å². The van der Waals surface area contributed by atoms with E-state index in [1.807, 2.05) is 0 Å². The number of nitro groups is 1. The summed E-state index contributed by atoms with van der Waals surface area (Å²) in [4.78, 5) is 24.8. The van der Waals surface area contributed by atoms with Crippen LogP contribution in [0, 0.1) is 10.1 Å². The van der Waals surface area contributed by atoms with Crippen molar-refractivity contribution in [2.45, 2.75) is 6.42 Å². The van der Waals surface area contributed by atoms with Crippen molar-refractivity contribution in [2.75, 3.05) is 0 Å². The van der Waals surface area contributed by atoms with Crippen molar-refractivity contribution in [3.05, 3.63) is 39.4 Å². The van der Waals surface area contributed by atoms with Crippen LogP contribution in [0.5, 0.6) is 0 Å². The SMILES string of the molecule is O=C1N=CCc2ccc([N+](=O)[O-])cc21. The van der Waals surface area contributed by atoms with Gasteiger partial charge in [0, 0.05) is 24.8 Å². The summed E-state index contributed by atoms with van der Waals surface area (Å²) < 4.78 is 0. The number of hydrogen-bond acceptors (Lipinski definition) is 3. The van der Waals surface area contributed by atoms with Gasteiger partial charge in [-0.1, -0.05) is 6.07 Å². The highest BCUT2D eigenvalue weighted by molar-refractivity contribution is 6.03. The molecular weight excluding hydrogens is 184 g/mol. The van der Waals surface area contributed by atoms with Crippen molar-refractivity contribution in [2.24, 2.45) is 4.99 Å². The van der Waals surface area contributed by atoms with Crippen LogP contribution < -0.4 is 0 Å². The lowest BCUT2D eigenvalue weighted by atomic mass is 10.0. The van der Waals surface area contributed by atoms with Crippen LogP contribution in [0.4, 0.5) is 5.69 Å². The average molecular weight is 190 g/mol. The second kappa shape index (κ2) is 3.02. The number of nitrogens with zero attached hydrogens (tertiary/aromatic N) is 2. The Labute approximate surface area is 79.2 Å². The van der Waals surface area contributed by atoms with Gasteiger partial charge in [-0.15, -0.1) is 0 Å². The van der Waals surface area contributed by atoms with Gasteiger partial charge in [-0.3, -0.25) is 14.9 Å². The maximum atomic E-state index is 11.2. The topological polar surface area (TPSA) is 72.6 Å². The molecule has 1 aliphatic heterocycles. The van der Waals surface area contributed by atoms with Crippen LogP contribution in [-0.4, -0.2) is 17.0 Å². The molecule has 1 heterocycles. The zero-order valence-electron chi connectivity index (χ0n) is 7.14. The maximum absolute atomic E-state index is 11.2. The molecule has 0 fully saturated rings. The number of nitro benzene ring substituents is 1. The third-order valence-corrected chi connectivity index (χ3v) is 2.05. The molecule has 0 saturated carbocycles. The van der Waals surface area contributed by atoms with E-state index in [-0.39, 0.29) is 5.69 Å². The van der Waals surface area contributed by atoms with Crippen molar-refractivity contribution in [3.63, 3.8) is 0 Å². The molecule has 1 aliphatic rings. The van der Waals surface area contributed by atoms with E-state index in [0.29, 0.717) is 12.0 Å². The van der Waals surface area contributed by atoms with Gasteiger partial charge in [0.25, 0.3) is 11.6 Å². The predicted octanol–water partition coefficient (Wildman–Crippen LogP) is 1.36. The fourth-order valence-corrected chi connectivity index (χ4v) is 1.35. The molecule has 0 radical (unpaired) electrons. The lowest BCUT2D eigenvalue weighted by Crippen LogP contribution is -2.08. The molecule has 2 rings (SSSR count). The Morgan fingerprint density at radius 2 is 2.21 bits per heavy atom. The van der Waals surface area contributed by atoms with Gasteiger partial charge in [-0.25, -0.2) is 4.99 Å². The summed E-state index contributed by atoms with van der Waals surface area (Å²) >= 11 is 0. The quantitative estimate of drug-likeness (QED) is 0.495. The summed E-state index contributed by atoms with van der Waals surface area (Å²) in [6, 6.07) is 4.26. The van der Waals surface area contributed by atoms with Crippen molar-refractivity contribution in [3.8, 4) is 0 Å². The minimum Gasteiger partial charge on any atom is -0.267 e. The highest BCUT2D eigenvalue weighted by atomic mass is 16.6. The largest absolute Gasteiger partial charge is 0.277 e. The Balaban J connectivity index is 2.54. The van der Waals surface area contributed by atoms with E-state index in [4.69, 9.17) is 0 Å². The third-order valence-electron chi connectivity index (χ3n) is 2.05. The minimum atomic E-state index is -0.522. The first-order valence-corrected chi connectivity index (χ1v) is 4.02. The van der Waals surface area contributed by atoms with Crippen LogP contribution in [0.3, 0.4) is 0 Å². The van der Waals surface area contributed by atoms with Gasteiger partial charge in [0.1, 0.15) is 0 Å². The molecule has 1 amide bonds. The van der Waals surface area contributed by atoms with Crippen molar-refractivity contribution >= 4 is 17.8 Å². The normalized spacial score (nSPS) is 13.9. The summed E-state index contributed by atoms with van der Waals surface area (Å²) in [7, 11) is 0. The second-order valence-corrected chi connectivity index (χ2v) is 2.92. The van der Waals surface area contributed by atoms with Gasteiger partial charge in [0.15, 0.2) is 0 Å². The molecule has 0 aliphatic carbocycles. The first kappa shape index (κ1) is 8.55. The van der Waals surface area contributed by atoms with Crippen LogP contribution in [0.15, 0.2) is 23.2 Å². The van der Waals surface area contributed by atoms with Crippen molar-refractivity contribution in [1.29, 1.82) is 0 Å². The summed E-state index contributed by atoms with van der Waals surface area (Å²) in [6.45, 7) is 0. The fourth-order valence-electron chi connectivity index (χ4n) is 1.35. The molecule has 1 aromatic carbocycles. The van der Waals surface area contributed by atoms with E-state index < -0.39 is 10.8 Å². The highest BCUT2D eigenvalue weighted by Crippen LogP contribution is 2.20. The van der Waals surface area contributed by atoms with Gasteiger partial charge >= 0.3 is 0 Å². The van der Waals surface area contributed by atoms with Gasteiger partial charge < -0.3 is 0 Å². The standard InChI is InChI=1S/C9H6N2O3/c12-9-8-5-7(11(13)14)2-1-6(8)3-4-10-9/h1-2,4-5H,3H2. The monoisotopic (exact) mass is 190 g/mol. The van der Waals surface area contributed by atoms with Gasteiger partial charge in [-0.05, 0) is 5.56 Å². The molecule has 1 aromatic rings. The molecule has 0 bridgehead atoms. The van der Waals surface area contributed by atoms with Crippen molar-refractivity contribution in [1.82, 2.24) is 0 Å². The smallest absolute Gasteiger partial charge is 0.267 e. The Morgan fingerprint density at radius 3 is 2.93 bits per heavy atom. The summed E-state index contributed by atoms with van der Waals surface area (Å²) in [5.74, 6) is -0.407. The molecule has 0 N–H and O–H groups in total. The number of hydrogen-bond donors (Lipinski definition) is 0. The lowest BCUT2D eigenvalue weighted by molar-refractivity contribution is -0.384. The van der Waals surface area contributed by atoms with E-state index in [9.17, 15) is 14.9 Å². The molecular formula is C9H6N2O3. The van der Waals surface area contributed by atoms with E-state index >= 15 is 0 Å². The number of fused-ring (bicyclic) bond motifs is 1. The van der Waals surface area contributed by atoms with E-state index in [2.05, 4.69) is 4.99 Å². The van der Waals surface area contributed by atoms with Crippen LogP contribution in [0.1, 0.15) is 15.9 Å². The number of benzene rings is 1. The highest BCUT2D eigenvalue weighted by Gasteiger charge is 2.17. The molecule has 0 aromatic heterocycles. The first-order chi connectivity index (χ1) is 6.68. The number of carbonyl (C=O) groups is 1. The zero-order chi connectivity index (χ0) is 10.1. The number of non-ortho nitro benzene ring substituents is 1.